The number of nitrogens with two attached hydrogens (primary N) is 3. The normalized spacial score (nSPS) is 11.8. The van der Waals surface area contributed by atoms with Gasteiger partial charge in [-0.2, -0.15) is 22.7 Å². The number of nitrogens with zero attached hydrogens (tertiary/aromatic N) is 2. The SMILES string of the molecule is CN(C)C(C(=O)O)c1ccsc1.Cc1cc(N)ccc1C(N)=O.Cc1cc(NC(=O)C(c2ccsc2)N(C)C)ccc1C(N)=O. The molecule has 0 spiro atoms. The minimum atomic E-state index is -0.807. The number of nitrogen functional groups attached to an aromatic ring is 1. The van der Waals surface area contributed by atoms with Crippen LogP contribution in [0.15, 0.2) is 70.1 Å². The number of carbonyl (C=O) groups excluding carboxylic acids is 3. The number of carboxylic acids is 1. The van der Waals surface area contributed by atoms with Crippen LogP contribution < -0.4 is 22.5 Å². The molecule has 2 heterocycles. The number of aryl methyl sites for hydroxylation is 2. The largest absolute Gasteiger partial charge is 0.480 e. The second kappa shape index (κ2) is 17.1. The van der Waals surface area contributed by atoms with Crippen LogP contribution in [0.25, 0.3) is 0 Å². The summed E-state index contributed by atoms with van der Waals surface area (Å²) in [5, 5.41) is 19.4. The molecule has 0 fully saturated rings. The van der Waals surface area contributed by atoms with Gasteiger partial charge in [-0.1, -0.05) is 0 Å². The fourth-order valence-corrected chi connectivity index (χ4v) is 5.76. The summed E-state index contributed by atoms with van der Waals surface area (Å²) in [6, 6.07) is 13.0. The molecule has 45 heavy (non-hydrogen) atoms. The van der Waals surface area contributed by atoms with Gasteiger partial charge in [0.2, 0.25) is 17.7 Å². The van der Waals surface area contributed by atoms with Crippen molar-refractivity contribution in [1.29, 1.82) is 0 Å². The molecule has 0 radical (unpaired) electrons. The van der Waals surface area contributed by atoms with Crippen LogP contribution in [0, 0.1) is 13.8 Å². The number of amides is 3. The monoisotopic (exact) mass is 652 g/mol. The fourth-order valence-electron chi connectivity index (χ4n) is 4.40. The molecule has 240 valence electrons. The fraction of sp³-hybridized carbons (Fsp3) is 0.250. The summed E-state index contributed by atoms with van der Waals surface area (Å²) in [5.74, 6) is -1.81. The van der Waals surface area contributed by atoms with Crippen molar-refractivity contribution in [3.05, 3.63) is 103 Å². The molecule has 2 atom stereocenters. The number of carbonyl (C=O) groups is 4. The van der Waals surface area contributed by atoms with Crippen LogP contribution in [-0.4, -0.2) is 66.8 Å². The van der Waals surface area contributed by atoms with Gasteiger partial charge < -0.3 is 27.6 Å². The highest BCUT2D eigenvalue weighted by Crippen LogP contribution is 2.24. The Morgan fingerprint density at radius 1 is 0.733 bits per heavy atom. The zero-order chi connectivity index (χ0) is 33.8. The van der Waals surface area contributed by atoms with Crippen LogP contribution in [0.2, 0.25) is 0 Å². The third kappa shape index (κ3) is 10.8. The first-order valence-corrected chi connectivity index (χ1v) is 15.5. The number of rotatable bonds is 9. The molecule has 4 aromatic rings. The molecule has 0 aliphatic rings. The first-order chi connectivity index (χ1) is 21.1. The number of hydrogen-bond donors (Lipinski definition) is 5. The number of thiophene rings is 2. The summed E-state index contributed by atoms with van der Waals surface area (Å²) in [6.07, 6.45) is 0. The Morgan fingerprint density at radius 3 is 1.58 bits per heavy atom. The number of anilines is 2. The number of benzene rings is 2. The second-order valence-electron chi connectivity index (χ2n) is 10.5. The van der Waals surface area contributed by atoms with E-state index in [-0.39, 0.29) is 11.9 Å². The lowest BCUT2D eigenvalue weighted by Gasteiger charge is -2.23. The lowest BCUT2D eigenvalue weighted by atomic mass is 10.1. The van der Waals surface area contributed by atoms with E-state index < -0.39 is 23.8 Å². The Hall–Kier alpha value is -4.56. The molecule has 13 heteroatoms. The molecule has 0 aliphatic heterocycles. The predicted octanol–water partition coefficient (Wildman–Crippen LogP) is 4.51. The van der Waals surface area contributed by atoms with E-state index in [1.807, 2.05) is 52.6 Å². The van der Waals surface area contributed by atoms with Gasteiger partial charge in [-0.3, -0.25) is 29.0 Å². The Labute approximate surface area is 271 Å². The smallest absolute Gasteiger partial charge is 0.325 e. The van der Waals surface area contributed by atoms with Gasteiger partial charge in [0.15, 0.2) is 0 Å². The molecular formula is C32H40N6O5S2. The summed E-state index contributed by atoms with van der Waals surface area (Å²) < 4.78 is 0. The van der Waals surface area contributed by atoms with Crippen LogP contribution in [-0.2, 0) is 9.59 Å². The van der Waals surface area contributed by atoms with E-state index in [4.69, 9.17) is 22.3 Å². The van der Waals surface area contributed by atoms with Crippen molar-refractivity contribution >= 4 is 57.7 Å². The molecular weight excluding hydrogens is 613 g/mol. The standard InChI is InChI=1S/C16H19N3O2S.C8H10N2O.C8H11NO2S/c1-10-8-12(4-5-13(10)15(17)20)18-16(21)14(19(2)3)11-6-7-22-9-11;1-5-4-6(9)2-3-7(5)8(10)11;1-9(2)7(8(10)11)6-3-4-12-5-6/h4-9,14H,1-3H3,(H2,17,20)(H,18,21);2-4H,9H2,1H3,(H2,10,11);3-5,7H,1-2H3,(H,10,11). The van der Waals surface area contributed by atoms with Gasteiger partial charge >= 0.3 is 5.97 Å². The van der Waals surface area contributed by atoms with Gasteiger partial charge in [-0.15, -0.1) is 0 Å². The molecule has 0 bridgehead atoms. The van der Waals surface area contributed by atoms with Gasteiger partial charge in [-0.25, -0.2) is 0 Å². The number of nitrogens with one attached hydrogen (secondary N) is 1. The molecule has 4 rings (SSSR count). The first-order valence-electron chi connectivity index (χ1n) is 13.6. The number of primary amides is 2. The topological polar surface area (TPSA) is 185 Å². The molecule has 2 unspecified atom stereocenters. The predicted molar refractivity (Wildman–Crippen MR) is 182 cm³/mol. The van der Waals surface area contributed by atoms with Gasteiger partial charge in [0.25, 0.3) is 0 Å². The average Bonchev–Trinajstić information content (AvgIpc) is 3.64. The summed E-state index contributed by atoms with van der Waals surface area (Å²) >= 11 is 3.07. The molecule has 2 aromatic carbocycles. The minimum absolute atomic E-state index is 0.116. The molecule has 0 saturated heterocycles. The highest BCUT2D eigenvalue weighted by Gasteiger charge is 2.24. The van der Waals surface area contributed by atoms with Crippen molar-refractivity contribution < 1.29 is 24.3 Å². The summed E-state index contributed by atoms with van der Waals surface area (Å²) in [6.45, 7) is 3.59. The molecule has 11 nitrogen and oxygen atoms in total. The lowest BCUT2D eigenvalue weighted by molar-refractivity contribution is -0.142. The third-order valence-electron chi connectivity index (χ3n) is 6.51. The van der Waals surface area contributed by atoms with Crippen molar-refractivity contribution in [3.8, 4) is 0 Å². The van der Waals surface area contributed by atoms with Crippen LogP contribution >= 0.6 is 22.7 Å². The second-order valence-corrected chi connectivity index (χ2v) is 12.1. The van der Waals surface area contributed by atoms with E-state index in [2.05, 4.69) is 5.32 Å². The lowest BCUT2D eigenvalue weighted by Crippen LogP contribution is -2.32. The molecule has 0 aliphatic carbocycles. The summed E-state index contributed by atoms with van der Waals surface area (Å²) in [4.78, 5) is 48.8. The quantitative estimate of drug-likeness (QED) is 0.164. The molecule has 2 aromatic heterocycles. The van der Waals surface area contributed by atoms with Gasteiger partial charge in [-0.05, 0) is 134 Å². The Bertz CT molecular complexity index is 1590. The van der Waals surface area contributed by atoms with Crippen molar-refractivity contribution in [2.75, 3.05) is 39.2 Å². The van der Waals surface area contributed by atoms with E-state index in [0.717, 1.165) is 22.3 Å². The third-order valence-corrected chi connectivity index (χ3v) is 7.91. The molecule has 3 amide bonds. The Morgan fingerprint density at radius 2 is 1.20 bits per heavy atom. The van der Waals surface area contributed by atoms with Gasteiger partial charge in [0, 0.05) is 22.5 Å². The van der Waals surface area contributed by atoms with E-state index >= 15 is 0 Å². The first kappa shape index (κ1) is 36.6. The van der Waals surface area contributed by atoms with Crippen LogP contribution in [0.3, 0.4) is 0 Å². The summed E-state index contributed by atoms with van der Waals surface area (Å²) in [5.41, 5.74) is 21.5. The van der Waals surface area contributed by atoms with E-state index in [0.29, 0.717) is 22.5 Å². The zero-order valence-electron chi connectivity index (χ0n) is 26.1. The van der Waals surface area contributed by atoms with Crippen molar-refractivity contribution in [2.45, 2.75) is 25.9 Å². The number of aliphatic carboxylic acids is 1. The number of carboxylic acid groups (broad SMARTS) is 1. The van der Waals surface area contributed by atoms with Gasteiger partial charge in [0.1, 0.15) is 12.1 Å². The Balaban J connectivity index is 0.000000259. The maximum atomic E-state index is 12.5. The minimum Gasteiger partial charge on any atom is -0.480 e. The molecule has 0 saturated carbocycles. The van der Waals surface area contributed by atoms with Crippen molar-refractivity contribution in [2.24, 2.45) is 11.5 Å². The van der Waals surface area contributed by atoms with Crippen LogP contribution in [0.1, 0.15) is 55.1 Å². The Kier molecular flexibility index (Phi) is 13.9. The van der Waals surface area contributed by atoms with E-state index in [1.54, 1.807) is 80.6 Å². The maximum Gasteiger partial charge on any atom is 0.325 e. The zero-order valence-corrected chi connectivity index (χ0v) is 27.7. The maximum absolute atomic E-state index is 12.5. The van der Waals surface area contributed by atoms with Crippen LogP contribution in [0.5, 0.6) is 0 Å². The number of likely N-dealkylation sites (N-methyl/N-ethyl adjacent to an activating group) is 2. The number of hydrogen-bond acceptors (Lipinski definition) is 9. The molecule has 8 N–H and O–H groups in total. The van der Waals surface area contributed by atoms with E-state index in [9.17, 15) is 19.2 Å². The van der Waals surface area contributed by atoms with Crippen molar-refractivity contribution in [3.63, 3.8) is 0 Å². The van der Waals surface area contributed by atoms with E-state index in [1.165, 1.54) is 11.3 Å². The average molecular weight is 653 g/mol. The highest BCUT2D eigenvalue weighted by molar-refractivity contribution is 7.08. The summed E-state index contributed by atoms with van der Waals surface area (Å²) in [7, 11) is 7.25. The highest BCUT2D eigenvalue weighted by atomic mass is 32.1. The van der Waals surface area contributed by atoms with Crippen LogP contribution in [0.4, 0.5) is 11.4 Å². The van der Waals surface area contributed by atoms with Crippen molar-refractivity contribution in [1.82, 2.24) is 9.80 Å². The van der Waals surface area contributed by atoms with Gasteiger partial charge in [0.05, 0.1) is 0 Å².